The van der Waals surface area contributed by atoms with Crippen molar-refractivity contribution in [2.75, 3.05) is 13.7 Å². The van der Waals surface area contributed by atoms with E-state index in [0.29, 0.717) is 31.4 Å². The van der Waals surface area contributed by atoms with Gasteiger partial charge < -0.3 is 32.8 Å². The van der Waals surface area contributed by atoms with E-state index >= 15 is 0 Å². The van der Waals surface area contributed by atoms with Crippen LogP contribution in [-0.4, -0.2) is 68.4 Å². The Morgan fingerprint density at radius 2 is 1.67 bits per heavy atom. The molecule has 0 aromatic carbocycles. The second-order valence-electron chi connectivity index (χ2n) is 14.7. The second kappa shape index (κ2) is 11.6. The minimum Gasteiger partial charge on any atom is -0.472 e. The highest BCUT2D eigenvalue weighted by Gasteiger charge is 2.77. The van der Waals surface area contributed by atoms with E-state index in [1.807, 2.05) is 13.0 Å². The smallest absolute Gasteiger partial charge is 0.333 e. The van der Waals surface area contributed by atoms with E-state index in [0.717, 1.165) is 16.7 Å². The van der Waals surface area contributed by atoms with Crippen molar-refractivity contribution >= 4 is 17.9 Å². The topological polar surface area (TPSA) is 120 Å². The van der Waals surface area contributed by atoms with Gasteiger partial charge in [0.1, 0.15) is 18.3 Å². The van der Waals surface area contributed by atoms with E-state index in [1.165, 1.54) is 13.8 Å². The zero-order valence-electron chi connectivity index (χ0n) is 28.4. The fourth-order valence-electron chi connectivity index (χ4n) is 10.4. The summed E-state index contributed by atoms with van der Waals surface area (Å²) in [5.41, 5.74) is 1.60. The molecule has 1 aromatic heterocycles. The molecule has 2 aliphatic heterocycles. The van der Waals surface area contributed by atoms with Gasteiger partial charge in [0, 0.05) is 67.5 Å². The first-order valence-corrected chi connectivity index (χ1v) is 16.4. The van der Waals surface area contributed by atoms with E-state index in [1.54, 1.807) is 32.6 Å². The number of methoxy groups -OCH3 is 1. The third-order valence-electron chi connectivity index (χ3n) is 12.4. The van der Waals surface area contributed by atoms with Crippen LogP contribution >= 0.6 is 0 Å². The summed E-state index contributed by atoms with van der Waals surface area (Å²) in [6.07, 6.45) is 3.32. The maximum atomic E-state index is 13.7. The molecular formula is C36H48O10. The summed E-state index contributed by atoms with van der Waals surface area (Å²) in [4.78, 5) is 38.9. The van der Waals surface area contributed by atoms with Crippen molar-refractivity contribution in [1.82, 2.24) is 0 Å². The van der Waals surface area contributed by atoms with Crippen molar-refractivity contribution in [3.8, 4) is 0 Å². The number of carbonyl (C=O) groups excluding carboxylic acids is 3. The number of esters is 3. The number of allylic oxidation sites excluding steroid dienone is 2. The molecule has 0 amide bonds. The molecule has 1 aromatic rings. The summed E-state index contributed by atoms with van der Waals surface area (Å²) >= 11 is 0. The number of hydrogen-bond acceptors (Lipinski definition) is 10. The Kier molecular flexibility index (Phi) is 8.34. The lowest BCUT2D eigenvalue weighted by Gasteiger charge is -2.66. The Balaban J connectivity index is 1.62. The van der Waals surface area contributed by atoms with E-state index in [9.17, 15) is 14.4 Å². The Morgan fingerprint density at radius 3 is 2.28 bits per heavy atom. The minimum atomic E-state index is -0.808. The van der Waals surface area contributed by atoms with Crippen LogP contribution in [0, 0.1) is 28.1 Å². The van der Waals surface area contributed by atoms with Crippen molar-refractivity contribution in [1.29, 1.82) is 0 Å². The van der Waals surface area contributed by atoms with Crippen LogP contribution in [0.4, 0.5) is 0 Å². The Morgan fingerprint density at radius 1 is 0.978 bits per heavy atom. The number of rotatable bonds is 6. The summed E-state index contributed by atoms with van der Waals surface area (Å²) < 4.78 is 43.9. The molecule has 10 nitrogen and oxygen atoms in total. The number of furan rings is 1. The first-order valence-electron chi connectivity index (χ1n) is 16.4. The highest BCUT2D eigenvalue weighted by atomic mass is 16.7. The number of carbonyl (C=O) groups is 3. The third-order valence-corrected chi connectivity index (χ3v) is 12.4. The number of ether oxygens (including phenoxy) is 6. The van der Waals surface area contributed by atoms with E-state index in [-0.39, 0.29) is 23.9 Å². The molecule has 5 aliphatic rings. The van der Waals surface area contributed by atoms with E-state index < -0.39 is 64.9 Å². The van der Waals surface area contributed by atoms with Crippen LogP contribution in [0.25, 0.3) is 0 Å². The summed E-state index contributed by atoms with van der Waals surface area (Å²) in [5, 5.41) is 0. The summed E-state index contributed by atoms with van der Waals surface area (Å²) in [6.45, 7) is 15.2. The molecular weight excluding hydrogens is 592 g/mol. The Labute approximate surface area is 271 Å². The molecule has 3 heterocycles. The van der Waals surface area contributed by atoms with Gasteiger partial charge in [-0.2, -0.15) is 0 Å². The lowest BCUT2D eigenvalue weighted by atomic mass is 9.39. The quantitative estimate of drug-likeness (QED) is 0.167. The molecule has 4 fully saturated rings. The van der Waals surface area contributed by atoms with Gasteiger partial charge >= 0.3 is 17.9 Å². The van der Waals surface area contributed by atoms with Crippen LogP contribution in [-0.2, 0) is 42.8 Å². The average Bonchev–Trinajstić information content (AvgIpc) is 3.71. The molecule has 0 radical (unpaired) electrons. The first-order chi connectivity index (χ1) is 21.7. The number of fused-ring (bicyclic) bond motifs is 4. The van der Waals surface area contributed by atoms with Gasteiger partial charge in [-0.05, 0) is 50.3 Å². The van der Waals surface area contributed by atoms with Crippen LogP contribution in [0.2, 0.25) is 0 Å². The molecule has 6 rings (SSSR count). The SMILES string of the molecule is C/C=C(\C)C(=O)O[C@@H]1[C@@H]2OC[C@]3(C)[C@H](OC(C)=O)C[C@H](OC(C)=O)[C@@](C)([C@@H]23)[C@H]2C[C@H](OC)O[C@H]3C[C@@H](c4ccoc4)C(C)=C3[C@]12C. The molecule has 3 aliphatic carbocycles. The zero-order valence-corrected chi connectivity index (χ0v) is 28.4. The summed E-state index contributed by atoms with van der Waals surface area (Å²) in [7, 11) is 1.65. The fraction of sp³-hybridized carbons (Fsp3) is 0.694. The van der Waals surface area contributed by atoms with Gasteiger partial charge in [-0.1, -0.05) is 32.4 Å². The molecule has 0 bridgehead atoms. The van der Waals surface area contributed by atoms with Crippen molar-refractivity contribution in [3.05, 3.63) is 47.0 Å². The summed E-state index contributed by atoms with van der Waals surface area (Å²) in [6, 6.07) is 1.98. The summed E-state index contributed by atoms with van der Waals surface area (Å²) in [5.74, 6) is -1.75. The van der Waals surface area contributed by atoms with Gasteiger partial charge in [-0.25, -0.2) is 4.79 Å². The monoisotopic (exact) mass is 640 g/mol. The van der Waals surface area contributed by atoms with Crippen molar-refractivity contribution in [2.45, 2.75) is 117 Å². The standard InChI is InChI=1S/C36H48O10/c1-10-18(2)33(39)46-32-30-31-34(6,17-42-30)26(43-20(4)37)15-27(44-21(5)38)35(31,7)25-14-28(40-9)45-24-13-23(22-11-12-41-16-22)19(3)29(24)36(25,32)8/h10-12,16,23-28,30-32H,13-15,17H2,1-9H3/b18-10+/t23-,24+,25-,26-,27+,28-,30-,31+,32-,34-,35+,36-/m1/s1. The van der Waals surface area contributed by atoms with Crippen molar-refractivity contribution in [3.63, 3.8) is 0 Å². The Hall–Kier alpha value is -2.95. The average molecular weight is 641 g/mol. The van der Waals surface area contributed by atoms with E-state index in [2.05, 4.69) is 27.7 Å². The molecule has 12 atom stereocenters. The van der Waals surface area contributed by atoms with Gasteiger partial charge in [0.15, 0.2) is 6.29 Å². The molecule has 46 heavy (non-hydrogen) atoms. The molecule has 10 heteroatoms. The van der Waals surface area contributed by atoms with Gasteiger partial charge in [-0.15, -0.1) is 0 Å². The first kappa shape index (κ1) is 33.0. The minimum absolute atomic E-state index is 0.0321. The predicted molar refractivity (Wildman–Crippen MR) is 165 cm³/mol. The maximum absolute atomic E-state index is 13.7. The van der Waals surface area contributed by atoms with Crippen LogP contribution < -0.4 is 0 Å². The van der Waals surface area contributed by atoms with Crippen LogP contribution in [0.3, 0.4) is 0 Å². The molecule has 2 saturated carbocycles. The molecule has 2 saturated heterocycles. The molecule has 0 N–H and O–H groups in total. The highest BCUT2D eigenvalue weighted by Crippen LogP contribution is 2.73. The molecule has 0 unspecified atom stereocenters. The largest absolute Gasteiger partial charge is 0.472 e. The van der Waals surface area contributed by atoms with Crippen molar-refractivity contribution in [2.24, 2.45) is 28.1 Å². The van der Waals surface area contributed by atoms with Crippen LogP contribution in [0.5, 0.6) is 0 Å². The maximum Gasteiger partial charge on any atom is 0.333 e. The van der Waals surface area contributed by atoms with Gasteiger partial charge in [-0.3, -0.25) is 9.59 Å². The normalized spacial score (nSPS) is 43.2. The van der Waals surface area contributed by atoms with Crippen LogP contribution in [0.15, 0.2) is 45.8 Å². The second-order valence-corrected chi connectivity index (χ2v) is 14.7. The highest BCUT2D eigenvalue weighted by molar-refractivity contribution is 5.87. The Bertz CT molecular complexity index is 1440. The zero-order chi connectivity index (χ0) is 33.3. The fourth-order valence-corrected chi connectivity index (χ4v) is 10.4. The lowest BCUT2D eigenvalue weighted by Crippen LogP contribution is -2.72. The molecule has 252 valence electrons. The van der Waals surface area contributed by atoms with Crippen molar-refractivity contribution < 1.29 is 47.2 Å². The van der Waals surface area contributed by atoms with Gasteiger partial charge in [0.25, 0.3) is 0 Å². The number of hydrogen-bond donors (Lipinski definition) is 0. The third kappa shape index (κ3) is 4.72. The van der Waals surface area contributed by atoms with Gasteiger partial charge in [0.2, 0.25) is 0 Å². The lowest BCUT2D eigenvalue weighted by molar-refractivity contribution is -0.262. The molecule has 0 spiro atoms. The predicted octanol–water partition coefficient (Wildman–Crippen LogP) is 5.65. The van der Waals surface area contributed by atoms with E-state index in [4.69, 9.17) is 32.8 Å². The van der Waals surface area contributed by atoms with Crippen LogP contribution in [0.1, 0.15) is 86.1 Å². The van der Waals surface area contributed by atoms with Gasteiger partial charge in [0.05, 0.1) is 31.3 Å².